The molecule has 1 rings (SSSR count). The highest BCUT2D eigenvalue weighted by molar-refractivity contribution is 6.32. The van der Waals surface area contributed by atoms with Crippen molar-refractivity contribution in [1.82, 2.24) is 0 Å². The van der Waals surface area contributed by atoms with E-state index in [0.717, 1.165) is 0 Å². The van der Waals surface area contributed by atoms with Crippen molar-refractivity contribution < 1.29 is 13.9 Å². The van der Waals surface area contributed by atoms with Crippen molar-refractivity contribution in [1.29, 1.82) is 0 Å². The van der Waals surface area contributed by atoms with Gasteiger partial charge in [-0.3, -0.25) is 4.79 Å². The first-order chi connectivity index (χ1) is 7.95. The Balaban J connectivity index is 2.88. The summed E-state index contributed by atoms with van der Waals surface area (Å²) in [6, 6.07) is 2.23. The topological polar surface area (TPSA) is 52.3 Å². The summed E-state index contributed by atoms with van der Waals surface area (Å²) in [6.07, 6.45) is -0.0619. The normalized spacial score (nSPS) is 12.2. The Morgan fingerprint density at radius 2 is 2.24 bits per heavy atom. The SMILES string of the molecule is [B]c1cc(C)c(F)c([C@@H](N)CC(=O)OCC)c1. The number of benzene rings is 1. The van der Waals surface area contributed by atoms with Crippen LogP contribution < -0.4 is 11.2 Å². The van der Waals surface area contributed by atoms with E-state index >= 15 is 0 Å². The summed E-state index contributed by atoms with van der Waals surface area (Å²) in [5, 5.41) is 0. The zero-order valence-corrected chi connectivity index (χ0v) is 10.00. The Bertz CT molecular complexity index is 423. The van der Waals surface area contributed by atoms with Gasteiger partial charge in [0.1, 0.15) is 13.7 Å². The highest BCUT2D eigenvalue weighted by Crippen LogP contribution is 2.19. The second-order valence-corrected chi connectivity index (χ2v) is 3.86. The molecule has 2 N–H and O–H groups in total. The zero-order chi connectivity index (χ0) is 13.0. The van der Waals surface area contributed by atoms with Crippen LogP contribution in [0.25, 0.3) is 0 Å². The van der Waals surface area contributed by atoms with Gasteiger partial charge in [0.25, 0.3) is 0 Å². The average molecular weight is 235 g/mol. The van der Waals surface area contributed by atoms with Crippen molar-refractivity contribution in [3.63, 3.8) is 0 Å². The summed E-state index contributed by atoms with van der Waals surface area (Å²) in [7, 11) is 5.62. The van der Waals surface area contributed by atoms with E-state index in [9.17, 15) is 9.18 Å². The molecule has 0 saturated heterocycles. The van der Waals surface area contributed by atoms with Gasteiger partial charge in [0.15, 0.2) is 0 Å². The summed E-state index contributed by atoms with van der Waals surface area (Å²) in [4.78, 5) is 11.3. The average Bonchev–Trinajstić information content (AvgIpc) is 2.23. The molecular formula is C12H15BFNO2. The van der Waals surface area contributed by atoms with Crippen LogP contribution in [-0.4, -0.2) is 20.4 Å². The van der Waals surface area contributed by atoms with Gasteiger partial charge < -0.3 is 10.5 Å². The number of carbonyl (C=O) groups is 1. The minimum Gasteiger partial charge on any atom is -0.466 e. The molecule has 1 atom stereocenters. The molecular weight excluding hydrogens is 220 g/mol. The van der Waals surface area contributed by atoms with Crippen LogP contribution in [0.4, 0.5) is 4.39 Å². The fourth-order valence-corrected chi connectivity index (χ4v) is 1.60. The van der Waals surface area contributed by atoms with Crippen molar-refractivity contribution in [2.24, 2.45) is 5.73 Å². The van der Waals surface area contributed by atoms with Crippen LogP contribution in [0.5, 0.6) is 0 Å². The molecule has 0 bridgehead atoms. The molecule has 0 aliphatic rings. The molecule has 0 fully saturated rings. The van der Waals surface area contributed by atoms with Gasteiger partial charge in [0, 0.05) is 11.6 Å². The van der Waals surface area contributed by atoms with Crippen LogP contribution >= 0.6 is 0 Å². The Hall–Kier alpha value is -1.36. The predicted octanol–water partition coefficient (Wildman–Crippen LogP) is 0.881. The minimum absolute atomic E-state index is 0.0619. The summed E-state index contributed by atoms with van der Waals surface area (Å²) in [6.45, 7) is 3.59. The number of halogens is 1. The third kappa shape index (κ3) is 3.56. The predicted molar refractivity (Wildman–Crippen MR) is 64.7 cm³/mol. The molecule has 0 spiro atoms. The number of esters is 1. The van der Waals surface area contributed by atoms with E-state index < -0.39 is 17.8 Å². The van der Waals surface area contributed by atoms with Crippen LogP contribution in [0.2, 0.25) is 0 Å². The Kier molecular flexibility index (Phi) is 4.69. The first kappa shape index (κ1) is 13.7. The van der Waals surface area contributed by atoms with Gasteiger partial charge >= 0.3 is 5.97 Å². The zero-order valence-electron chi connectivity index (χ0n) is 10.00. The Morgan fingerprint density at radius 3 is 2.82 bits per heavy atom. The number of carbonyl (C=O) groups excluding carboxylic acids is 1. The van der Waals surface area contributed by atoms with Gasteiger partial charge in [-0.2, -0.15) is 0 Å². The summed E-state index contributed by atoms with van der Waals surface area (Å²) in [5.41, 5.74) is 6.86. The molecule has 0 unspecified atom stereocenters. The third-order valence-corrected chi connectivity index (χ3v) is 2.40. The van der Waals surface area contributed by atoms with E-state index in [2.05, 4.69) is 0 Å². The highest BCUT2D eigenvalue weighted by Gasteiger charge is 2.17. The molecule has 0 saturated carbocycles. The largest absolute Gasteiger partial charge is 0.466 e. The van der Waals surface area contributed by atoms with Gasteiger partial charge in [0.2, 0.25) is 0 Å². The third-order valence-electron chi connectivity index (χ3n) is 2.40. The lowest BCUT2D eigenvalue weighted by Gasteiger charge is -2.14. The smallest absolute Gasteiger partial charge is 0.307 e. The fourth-order valence-electron chi connectivity index (χ4n) is 1.60. The van der Waals surface area contributed by atoms with Crippen molar-refractivity contribution in [2.75, 3.05) is 6.61 Å². The maximum Gasteiger partial charge on any atom is 0.307 e. The fraction of sp³-hybridized carbons (Fsp3) is 0.417. The van der Waals surface area contributed by atoms with Crippen LogP contribution in [0, 0.1) is 12.7 Å². The van der Waals surface area contributed by atoms with Crippen molar-refractivity contribution in [2.45, 2.75) is 26.3 Å². The van der Waals surface area contributed by atoms with Gasteiger partial charge in [-0.1, -0.05) is 17.6 Å². The lowest BCUT2D eigenvalue weighted by atomic mass is 9.89. The Morgan fingerprint density at radius 1 is 1.59 bits per heavy atom. The number of aryl methyl sites for hydroxylation is 1. The van der Waals surface area contributed by atoms with Gasteiger partial charge in [-0.25, -0.2) is 4.39 Å². The van der Waals surface area contributed by atoms with Crippen molar-refractivity contribution in [3.8, 4) is 0 Å². The monoisotopic (exact) mass is 235 g/mol. The van der Waals surface area contributed by atoms with Crippen molar-refractivity contribution >= 4 is 19.3 Å². The van der Waals surface area contributed by atoms with E-state index in [0.29, 0.717) is 11.0 Å². The molecule has 0 aromatic heterocycles. The number of nitrogens with two attached hydrogens (primary N) is 1. The standard InChI is InChI=1S/C12H15BFNO2/c1-3-17-11(16)6-10(15)9-5-8(13)4-7(2)12(9)14/h4-5,10H,3,6,15H2,1-2H3/t10-/m0/s1. The van der Waals surface area contributed by atoms with E-state index in [1.54, 1.807) is 13.8 Å². The van der Waals surface area contributed by atoms with Gasteiger partial charge in [-0.05, 0) is 19.4 Å². The Labute approximate surface area is 102 Å². The second-order valence-electron chi connectivity index (χ2n) is 3.86. The van der Waals surface area contributed by atoms with E-state index in [-0.39, 0.29) is 18.6 Å². The van der Waals surface area contributed by atoms with Crippen LogP contribution in [-0.2, 0) is 9.53 Å². The van der Waals surface area contributed by atoms with Crippen LogP contribution in [0.15, 0.2) is 12.1 Å². The lowest BCUT2D eigenvalue weighted by molar-refractivity contribution is -0.143. The second kappa shape index (κ2) is 5.82. The van der Waals surface area contributed by atoms with Crippen LogP contribution in [0.3, 0.4) is 0 Å². The molecule has 1 aromatic carbocycles. The van der Waals surface area contributed by atoms with E-state index in [4.69, 9.17) is 18.3 Å². The molecule has 0 aliphatic heterocycles. The maximum absolute atomic E-state index is 13.8. The minimum atomic E-state index is -0.740. The highest BCUT2D eigenvalue weighted by atomic mass is 19.1. The lowest BCUT2D eigenvalue weighted by Crippen LogP contribution is -2.21. The van der Waals surface area contributed by atoms with Crippen LogP contribution in [0.1, 0.15) is 30.5 Å². The molecule has 5 heteroatoms. The van der Waals surface area contributed by atoms with E-state index in [1.807, 2.05) is 0 Å². The molecule has 2 radical (unpaired) electrons. The molecule has 0 aliphatic carbocycles. The number of rotatable bonds is 4. The number of ether oxygens (including phenoxy) is 1. The summed E-state index contributed by atoms with van der Waals surface area (Å²) in [5.74, 6) is -0.865. The molecule has 1 aromatic rings. The first-order valence-electron chi connectivity index (χ1n) is 5.42. The quantitative estimate of drug-likeness (QED) is 0.622. The summed E-state index contributed by atoms with van der Waals surface area (Å²) < 4.78 is 18.5. The molecule has 0 heterocycles. The molecule has 3 nitrogen and oxygen atoms in total. The molecule has 17 heavy (non-hydrogen) atoms. The van der Waals surface area contributed by atoms with E-state index in [1.165, 1.54) is 12.1 Å². The first-order valence-corrected chi connectivity index (χ1v) is 5.42. The molecule has 90 valence electrons. The van der Waals surface area contributed by atoms with Gasteiger partial charge in [-0.15, -0.1) is 0 Å². The van der Waals surface area contributed by atoms with Crippen molar-refractivity contribution in [3.05, 3.63) is 29.1 Å². The maximum atomic E-state index is 13.8. The van der Waals surface area contributed by atoms with Gasteiger partial charge in [0.05, 0.1) is 13.0 Å². The number of hydrogen-bond acceptors (Lipinski definition) is 3. The number of hydrogen-bond donors (Lipinski definition) is 1. The molecule has 0 amide bonds. The summed E-state index contributed by atoms with van der Waals surface area (Å²) >= 11 is 0.